The van der Waals surface area contributed by atoms with E-state index in [4.69, 9.17) is 5.26 Å². The fourth-order valence-corrected chi connectivity index (χ4v) is 2.93. The third-order valence-corrected chi connectivity index (χ3v) is 4.89. The van der Waals surface area contributed by atoms with Gasteiger partial charge in [-0.2, -0.15) is 9.98 Å². The van der Waals surface area contributed by atoms with Crippen molar-refractivity contribution in [3.63, 3.8) is 0 Å². The molecule has 1 aromatic carbocycles. The van der Waals surface area contributed by atoms with Crippen molar-refractivity contribution >= 4 is 15.8 Å². The van der Waals surface area contributed by atoms with Gasteiger partial charge in [0.15, 0.2) is 5.78 Å². The molecule has 6 heteroatoms. The van der Waals surface area contributed by atoms with Crippen LogP contribution < -0.4 is 4.72 Å². The van der Waals surface area contributed by atoms with E-state index in [1.807, 2.05) is 6.07 Å². The number of carbonyl (C=O) groups excluding carboxylic acids is 1. The molecule has 0 radical (unpaired) electrons. The SMILES string of the molecule is CC(=O)c1ccc(S(=O)(=O)N[C@](C)(C#N)C(C)C)cc1. The maximum Gasteiger partial charge on any atom is 0.241 e. The van der Waals surface area contributed by atoms with E-state index in [9.17, 15) is 13.2 Å². The van der Waals surface area contributed by atoms with Crippen molar-refractivity contribution in [2.75, 3.05) is 0 Å². The predicted octanol–water partition coefficient (Wildman–Crippen LogP) is 2.11. The summed E-state index contributed by atoms with van der Waals surface area (Å²) < 4.78 is 26.9. The second kappa shape index (κ2) is 5.73. The number of carbonyl (C=O) groups is 1. The van der Waals surface area contributed by atoms with Gasteiger partial charge in [0.05, 0.1) is 11.0 Å². The second-order valence-corrected chi connectivity index (χ2v) is 6.84. The Morgan fingerprint density at radius 3 is 2.15 bits per heavy atom. The maximum atomic E-state index is 12.2. The summed E-state index contributed by atoms with van der Waals surface area (Å²) in [6.45, 7) is 6.49. The van der Waals surface area contributed by atoms with Crippen molar-refractivity contribution in [1.29, 1.82) is 5.26 Å². The molecule has 0 aliphatic heterocycles. The van der Waals surface area contributed by atoms with Crippen LogP contribution in [0.3, 0.4) is 0 Å². The van der Waals surface area contributed by atoms with Gasteiger partial charge in [-0.3, -0.25) is 4.79 Å². The molecule has 0 fully saturated rings. The smallest absolute Gasteiger partial charge is 0.241 e. The van der Waals surface area contributed by atoms with E-state index in [0.29, 0.717) is 5.56 Å². The van der Waals surface area contributed by atoms with Gasteiger partial charge in [-0.15, -0.1) is 0 Å². The lowest BCUT2D eigenvalue weighted by molar-refractivity contribution is 0.101. The molecule has 0 saturated heterocycles. The van der Waals surface area contributed by atoms with Crippen LogP contribution in [-0.2, 0) is 10.0 Å². The van der Waals surface area contributed by atoms with Crippen LogP contribution in [0.4, 0.5) is 0 Å². The summed E-state index contributed by atoms with van der Waals surface area (Å²) in [6.07, 6.45) is 0. The van der Waals surface area contributed by atoms with Crippen LogP contribution in [0.1, 0.15) is 38.1 Å². The molecule has 5 nitrogen and oxygen atoms in total. The monoisotopic (exact) mass is 294 g/mol. The number of nitrogens with one attached hydrogen (secondary N) is 1. The van der Waals surface area contributed by atoms with Crippen LogP contribution in [0.25, 0.3) is 0 Å². The molecule has 0 bridgehead atoms. The minimum absolute atomic E-state index is 0.0321. The highest BCUT2D eigenvalue weighted by Crippen LogP contribution is 2.20. The molecule has 1 atom stereocenters. The summed E-state index contributed by atoms with van der Waals surface area (Å²) in [5.74, 6) is -0.315. The molecule has 1 N–H and O–H groups in total. The maximum absolute atomic E-state index is 12.2. The number of sulfonamides is 1. The van der Waals surface area contributed by atoms with E-state index >= 15 is 0 Å². The van der Waals surface area contributed by atoms with E-state index < -0.39 is 15.6 Å². The summed E-state index contributed by atoms with van der Waals surface area (Å²) in [6, 6.07) is 7.61. The highest BCUT2D eigenvalue weighted by molar-refractivity contribution is 7.89. The van der Waals surface area contributed by atoms with Crippen LogP contribution in [0, 0.1) is 17.2 Å². The minimum atomic E-state index is -3.80. The lowest BCUT2D eigenvalue weighted by atomic mass is 9.92. The summed E-state index contributed by atoms with van der Waals surface area (Å²) in [5, 5.41) is 9.16. The first-order valence-corrected chi connectivity index (χ1v) is 7.67. The first-order valence-electron chi connectivity index (χ1n) is 6.18. The van der Waals surface area contributed by atoms with Gasteiger partial charge in [-0.25, -0.2) is 8.42 Å². The van der Waals surface area contributed by atoms with Gasteiger partial charge in [0.25, 0.3) is 0 Å². The molecule has 0 aromatic heterocycles. The van der Waals surface area contributed by atoms with Crippen molar-refractivity contribution in [3.05, 3.63) is 29.8 Å². The molecule has 0 heterocycles. The molecule has 20 heavy (non-hydrogen) atoms. The van der Waals surface area contributed by atoms with Crippen LogP contribution in [0.15, 0.2) is 29.2 Å². The Morgan fingerprint density at radius 1 is 1.30 bits per heavy atom. The Bertz CT molecular complexity index is 642. The minimum Gasteiger partial charge on any atom is -0.295 e. The van der Waals surface area contributed by atoms with Crippen LogP contribution in [0.5, 0.6) is 0 Å². The lowest BCUT2D eigenvalue weighted by Crippen LogP contribution is -2.48. The first-order chi connectivity index (χ1) is 9.12. The normalized spacial score (nSPS) is 14.6. The molecule has 0 aliphatic rings. The zero-order valence-corrected chi connectivity index (χ0v) is 12.8. The number of hydrogen-bond acceptors (Lipinski definition) is 4. The Morgan fingerprint density at radius 2 is 1.80 bits per heavy atom. The molecule has 0 spiro atoms. The Balaban J connectivity index is 3.12. The Labute approximate surface area is 119 Å². The van der Waals surface area contributed by atoms with Gasteiger partial charge in [0.1, 0.15) is 5.54 Å². The van der Waals surface area contributed by atoms with Gasteiger partial charge >= 0.3 is 0 Å². The van der Waals surface area contributed by atoms with Crippen LogP contribution in [-0.4, -0.2) is 19.7 Å². The zero-order valence-electron chi connectivity index (χ0n) is 12.0. The van der Waals surface area contributed by atoms with Gasteiger partial charge < -0.3 is 0 Å². The van der Waals surface area contributed by atoms with Crippen LogP contribution in [0.2, 0.25) is 0 Å². The van der Waals surface area contributed by atoms with E-state index in [-0.39, 0.29) is 16.6 Å². The summed E-state index contributed by atoms with van der Waals surface area (Å²) in [4.78, 5) is 11.2. The van der Waals surface area contributed by atoms with Gasteiger partial charge in [0.2, 0.25) is 10.0 Å². The Kier molecular flexibility index (Phi) is 4.69. The number of Topliss-reactive ketones (excluding diaryl/α,β-unsaturated/α-hetero) is 1. The Hall–Kier alpha value is -1.71. The molecule has 0 saturated carbocycles. The number of rotatable bonds is 5. The number of nitrogens with zero attached hydrogens (tertiary/aromatic N) is 1. The average molecular weight is 294 g/mol. The summed E-state index contributed by atoms with van der Waals surface area (Å²) >= 11 is 0. The second-order valence-electron chi connectivity index (χ2n) is 5.15. The fraction of sp³-hybridized carbons (Fsp3) is 0.429. The van der Waals surface area contributed by atoms with E-state index in [0.717, 1.165) is 0 Å². The van der Waals surface area contributed by atoms with Crippen molar-refractivity contribution < 1.29 is 13.2 Å². The standard InChI is InChI=1S/C14H18N2O3S/c1-10(2)14(4,9-15)16-20(18,19)13-7-5-12(6-8-13)11(3)17/h5-8,10,16H,1-4H3/t14-/m1/s1. The average Bonchev–Trinajstić information content (AvgIpc) is 2.38. The highest BCUT2D eigenvalue weighted by Gasteiger charge is 2.33. The van der Waals surface area contributed by atoms with E-state index in [1.165, 1.54) is 31.2 Å². The highest BCUT2D eigenvalue weighted by atomic mass is 32.2. The molecular weight excluding hydrogens is 276 g/mol. The molecule has 1 rings (SSSR count). The van der Waals surface area contributed by atoms with Crippen molar-refractivity contribution in [1.82, 2.24) is 4.72 Å². The van der Waals surface area contributed by atoms with Gasteiger partial charge in [0, 0.05) is 5.56 Å². The number of nitriles is 1. The quantitative estimate of drug-likeness (QED) is 0.842. The van der Waals surface area contributed by atoms with Gasteiger partial charge in [-0.1, -0.05) is 26.0 Å². The largest absolute Gasteiger partial charge is 0.295 e. The number of ketones is 1. The van der Waals surface area contributed by atoms with E-state index in [2.05, 4.69) is 4.72 Å². The molecule has 108 valence electrons. The third kappa shape index (κ3) is 3.44. The third-order valence-electron chi connectivity index (χ3n) is 3.30. The molecule has 0 unspecified atom stereocenters. The van der Waals surface area contributed by atoms with E-state index in [1.54, 1.807) is 20.8 Å². The molecular formula is C14H18N2O3S. The zero-order chi connectivity index (χ0) is 15.6. The van der Waals surface area contributed by atoms with Crippen molar-refractivity contribution in [2.45, 2.75) is 38.1 Å². The number of benzene rings is 1. The fourth-order valence-electron chi connectivity index (χ4n) is 1.48. The summed E-state index contributed by atoms with van der Waals surface area (Å²) in [7, 11) is -3.80. The number of hydrogen-bond donors (Lipinski definition) is 1. The molecule has 0 aliphatic carbocycles. The van der Waals surface area contributed by atoms with Crippen LogP contribution >= 0.6 is 0 Å². The van der Waals surface area contributed by atoms with Crippen molar-refractivity contribution in [3.8, 4) is 6.07 Å². The first kappa shape index (κ1) is 16.3. The van der Waals surface area contributed by atoms with Gasteiger partial charge in [-0.05, 0) is 31.9 Å². The topological polar surface area (TPSA) is 87.0 Å². The van der Waals surface area contributed by atoms with Crippen molar-refractivity contribution in [2.24, 2.45) is 5.92 Å². The molecule has 0 amide bonds. The lowest BCUT2D eigenvalue weighted by Gasteiger charge is -2.26. The predicted molar refractivity (Wildman–Crippen MR) is 75.6 cm³/mol. The molecule has 1 aromatic rings. The summed E-state index contributed by atoms with van der Waals surface area (Å²) in [5.41, 5.74) is -0.742.